The Kier molecular flexibility index (Phi) is 12.0. The molecule has 0 N–H and O–H groups in total. The quantitative estimate of drug-likeness (QED) is 0.140. The van der Waals surface area contributed by atoms with Gasteiger partial charge in [-0.25, -0.2) is 20.0 Å². The molecule has 0 saturated carbocycles. The Bertz CT molecular complexity index is 3520. The summed E-state index contributed by atoms with van der Waals surface area (Å²) in [4.78, 5) is 34.6. The smallest absolute Gasteiger partial charge is 0.309 e. The summed E-state index contributed by atoms with van der Waals surface area (Å²) in [5.74, 6) is 1.04. The number of aromatic nitrogens is 1. The van der Waals surface area contributed by atoms with Gasteiger partial charge in [0.05, 0.1) is 17.1 Å². The summed E-state index contributed by atoms with van der Waals surface area (Å²) in [5.41, 5.74) is 10.3. The maximum atomic E-state index is 15.5. The van der Waals surface area contributed by atoms with Gasteiger partial charge in [-0.15, -0.1) is 0 Å². The van der Waals surface area contributed by atoms with Gasteiger partial charge in [0.15, 0.2) is 17.5 Å². The molecular formula is C61H50BF2N5O. The van der Waals surface area contributed by atoms with Gasteiger partial charge in [0.25, 0.3) is 0 Å². The molecule has 3 aliphatic rings. The van der Waals surface area contributed by atoms with Gasteiger partial charge in [-0.2, -0.15) is 0 Å². The van der Waals surface area contributed by atoms with E-state index in [1.54, 1.807) is 6.07 Å². The summed E-state index contributed by atoms with van der Waals surface area (Å²) >= 11 is 0. The van der Waals surface area contributed by atoms with Crippen LogP contribution in [0.5, 0.6) is 0 Å². The van der Waals surface area contributed by atoms with Gasteiger partial charge < -0.3 is 4.48 Å². The predicted octanol–water partition coefficient (Wildman–Crippen LogP) is 12.9. The van der Waals surface area contributed by atoms with Crippen molar-refractivity contribution in [3.05, 3.63) is 238 Å². The lowest BCUT2D eigenvalue weighted by Gasteiger charge is -2.31. The number of ketones is 1. The normalized spacial score (nSPS) is 16.4. The molecule has 3 heterocycles. The first-order valence-corrected chi connectivity index (χ1v) is 23.5. The first kappa shape index (κ1) is 45.6. The van der Waals surface area contributed by atoms with Crippen molar-refractivity contribution in [1.82, 2.24) is 4.48 Å². The summed E-state index contributed by atoms with van der Waals surface area (Å²) < 4.78 is 31.9. The number of Topliss-reactive ketones (excluding diaryl/α,β-unsaturated/α-hetero) is 1. The lowest BCUT2D eigenvalue weighted by Crippen LogP contribution is -2.33. The number of halogens is 2. The predicted molar refractivity (Wildman–Crippen MR) is 285 cm³/mol. The van der Waals surface area contributed by atoms with Gasteiger partial charge >= 0.3 is 7.40 Å². The number of hydrogen-bond donors (Lipinski definition) is 0. The number of hydrogen-bond acceptors (Lipinski definition) is 4. The molecule has 1 aromatic heterocycles. The highest BCUT2D eigenvalue weighted by Gasteiger charge is 2.35. The zero-order chi connectivity index (χ0) is 48.7. The fraction of sp³-hybridized carbons (Fsp3) is 0.131. The Morgan fingerprint density at radius 2 is 1.01 bits per heavy atom. The van der Waals surface area contributed by atoms with E-state index in [1.807, 2.05) is 176 Å². The Hall–Kier alpha value is -8.17. The standard InChI is InChI=1S/C61H50BF2N5O/c1-60(2,3)50-35-45(36-51(56(50)70)61(4,5)6)46-29-19-20-30-47(46)55-54(43-27-17-10-18-28-43)66-57(67-55)44-33-31-40(32-34-44)48-37-52(41-23-13-8-14-24-41)65-58(48)68-59-49(39-21-11-7-12-22-39)38-53(69(59)62(63)64)42-25-15-9-16-26-42/h7-38H,1-6H3/b55-47-,68-58-. The van der Waals surface area contributed by atoms with Crippen LogP contribution in [0.4, 0.5) is 14.4 Å². The number of carbonyl (C=O) groups is 1. The summed E-state index contributed by atoms with van der Waals surface area (Å²) in [6, 6.07) is 56.5. The van der Waals surface area contributed by atoms with Crippen LogP contribution in [-0.2, 0) is 4.79 Å². The van der Waals surface area contributed by atoms with E-state index in [0.29, 0.717) is 39.8 Å². The maximum absolute atomic E-state index is 15.5. The zero-order valence-corrected chi connectivity index (χ0v) is 40.0. The zero-order valence-electron chi connectivity index (χ0n) is 40.0. The van der Waals surface area contributed by atoms with Crippen molar-refractivity contribution in [2.75, 3.05) is 0 Å². The lowest BCUT2D eigenvalue weighted by atomic mass is 9.71. The van der Waals surface area contributed by atoms with Gasteiger partial charge in [-0.1, -0.05) is 211 Å². The highest BCUT2D eigenvalue weighted by Crippen LogP contribution is 2.42. The minimum Gasteiger partial charge on any atom is -0.309 e. The molecule has 0 spiro atoms. The number of rotatable bonds is 8. The summed E-state index contributed by atoms with van der Waals surface area (Å²) in [5, 5.41) is 1.85. The lowest BCUT2D eigenvalue weighted by molar-refractivity contribution is -0.114. The molecule has 0 unspecified atom stereocenters. The van der Waals surface area contributed by atoms with Crippen LogP contribution in [0.3, 0.4) is 0 Å². The largest absolute Gasteiger partial charge is 0.679 e. The van der Waals surface area contributed by atoms with E-state index in [9.17, 15) is 4.79 Å². The molecule has 9 heteroatoms. The second-order valence-corrected chi connectivity index (χ2v) is 19.6. The fourth-order valence-corrected chi connectivity index (χ4v) is 9.15. The van der Waals surface area contributed by atoms with E-state index in [4.69, 9.17) is 20.0 Å². The van der Waals surface area contributed by atoms with Crippen LogP contribution < -0.4 is 10.4 Å². The number of benzene rings is 6. The Labute approximate surface area is 407 Å². The van der Waals surface area contributed by atoms with Crippen LogP contribution in [0, 0.1) is 10.8 Å². The average Bonchev–Trinajstić information content (AvgIpc) is 4.11. The second-order valence-electron chi connectivity index (χ2n) is 19.6. The molecule has 7 aromatic rings. The van der Waals surface area contributed by atoms with Gasteiger partial charge in [0.1, 0.15) is 5.82 Å². The second kappa shape index (κ2) is 18.4. The van der Waals surface area contributed by atoms with Crippen molar-refractivity contribution in [2.24, 2.45) is 30.8 Å². The SMILES string of the molecule is CC(C)(C)C1=CC(=c2cccc/c2=C2/N=C(c3ccc(C4=CC(c5ccccc5)=N/C4=N\c4c(-c5ccccc5)cc(-c5ccccc5)n4B(F)F)cc3)N=C2c2ccccc2)C=C(C(C)(C)C)C1=O. The van der Waals surface area contributed by atoms with Crippen molar-refractivity contribution >= 4 is 58.9 Å². The molecule has 6 nitrogen and oxygen atoms in total. The van der Waals surface area contributed by atoms with Crippen molar-refractivity contribution in [1.29, 1.82) is 0 Å². The third kappa shape index (κ3) is 8.87. The van der Waals surface area contributed by atoms with Crippen molar-refractivity contribution in [3.8, 4) is 22.4 Å². The topological polar surface area (TPSA) is 71.4 Å². The third-order valence-electron chi connectivity index (χ3n) is 12.7. The molecule has 6 aromatic carbocycles. The van der Waals surface area contributed by atoms with E-state index in [1.165, 1.54) is 0 Å². The van der Waals surface area contributed by atoms with E-state index < -0.39 is 7.40 Å². The van der Waals surface area contributed by atoms with Crippen LogP contribution in [0.15, 0.2) is 225 Å². The van der Waals surface area contributed by atoms with Crippen LogP contribution in [0.25, 0.3) is 39.2 Å². The van der Waals surface area contributed by atoms with E-state index in [2.05, 4.69) is 53.7 Å². The van der Waals surface area contributed by atoms with E-state index in [-0.39, 0.29) is 22.4 Å². The Morgan fingerprint density at radius 1 is 0.514 bits per heavy atom. The summed E-state index contributed by atoms with van der Waals surface area (Å²) in [7, 11) is -2.89. The maximum Gasteiger partial charge on any atom is 0.679 e. The molecule has 0 atom stereocenters. The van der Waals surface area contributed by atoms with Crippen molar-refractivity contribution in [2.45, 2.75) is 41.5 Å². The molecule has 2 aliphatic heterocycles. The number of carbonyl (C=O) groups excluding carboxylic acids is 1. The molecule has 0 saturated heterocycles. The molecule has 0 radical (unpaired) electrons. The Morgan fingerprint density at radius 3 is 1.57 bits per heavy atom. The average molecular weight is 918 g/mol. The van der Waals surface area contributed by atoms with Crippen molar-refractivity contribution in [3.63, 3.8) is 0 Å². The van der Waals surface area contributed by atoms with E-state index >= 15 is 8.63 Å². The molecular weight excluding hydrogens is 868 g/mol. The fourth-order valence-electron chi connectivity index (χ4n) is 9.15. The molecule has 0 amide bonds. The summed E-state index contributed by atoms with van der Waals surface area (Å²) in [6.07, 6.45) is 6.06. The van der Waals surface area contributed by atoms with Gasteiger partial charge in [0.2, 0.25) is 0 Å². The number of allylic oxidation sites excluding steroid dienone is 5. The van der Waals surface area contributed by atoms with Crippen LogP contribution in [-0.4, -0.2) is 40.8 Å². The van der Waals surface area contributed by atoms with Crippen LogP contribution in [0.2, 0.25) is 0 Å². The number of aliphatic imine (C=N–C) groups is 4. The highest BCUT2D eigenvalue weighted by atomic mass is 19.2. The van der Waals surface area contributed by atoms with Crippen LogP contribution >= 0.6 is 0 Å². The molecule has 70 heavy (non-hydrogen) atoms. The van der Waals surface area contributed by atoms with Gasteiger partial charge in [-0.05, 0) is 62.6 Å². The molecule has 0 bridgehead atoms. The van der Waals surface area contributed by atoms with Gasteiger partial charge in [0, 0.05) is 49.9 Å². The molecule has 1 aliphatic carbocycles. The number of amidine groups is 2. The Balaban J connectivity index is 1.12. The number of nitrogens with zero attached hydrogens (tertiary/aromatic N) is 5. The molecule has 10 rings (SSSR count). The van der Waals surface area contributed by atoms with Crippen molar-refractivity contribution < 1.29 is 13.4 Å². The molecule has 0 fully saturated rings. The van der Waals surface area contributed by atoms with E-state index in [0.717, 1.165) is 70.9 Å². The third-order valence-corrected chi connectivity index (χ3v) is 12.7. The summed E-state index contributed by atoms with van der Waals surface area (Å²) in [6.45, 7) is 12.5. The minimum absolute atomic E-state index is 0.0801. The van der Waals surface area contributed by atoms with Gasteiger partial charge in [-0.3, -0.25) is 13.4 Å². The molecule has 342 valence electrons. The van der Waals surface area contributed by atoms with Crippen LogP contribution in [0.1, 0.15) is 63.8 Å². The minimum atomic E-state index is -2.89. The first-order chi connectivity index (χ1) is 33.7. The monoisotopic (exact) mass is 917 g/mol. The first-order valence-electron chi connectivity index (χ1n) is 23.5. The highest BCUT2D eigenvalue weighted by molar-refractivity contribution is 6.43.